The van der Waals surface area contributed by atoms with Crippen LogP contribution < -0.4 is 10.6 Å². The molecule has 4 rings (SSSR count). The fourth-order valence-electron chi connectivity index (χ4n) is 3.77. The molecule has 0 saturated carbocycles. The van der Waals surface area contributed by atoms with Crippen LogP contribution in [0.15, 0.2) is 42.5 Å². The van der Waals surface area contributed by atoms with E-state index >= 15 is 0 Å². The van der Waals surface area contributed by atoms with Gasteiger partial charge in [0.25, 0.3) is 0 Å². The molecular weight excluding hydrogens is 374 g/mol. The topological polar surface area (TPSA) is 44.4 Å². The largest absolute Gasteiger partial charge is 0.416 e. The number of hydrogen-bond acceptors (Lipinski definition) is 2. The minimum Gasteiger partial charge on any atom is -0.321 e. The van der Waals surface area contributed by atoms with Crippen molar-refractivity contribution in [3.8, 4) is 0 Å². The summed E-state index contributed by atoms with van der Waals surface area (Å²) >= 11 is 0. The molecule has 2 aromatic rings. The monoisotopic (exact) mass is 393 g/mol. The van der Waals surface area contributed by atoms with E-state index in [4.69, 9.17) is 0 Å². The second-order valence-electron chi connectivity index (χ2n) is 7.21. The van der Waals surface area contributed by atoms with Crippen molar-refractivity contribution in [2.45, 2.75) is 31.1 Å². The van der Waals surface area contributed by atoms with Crippen LogP contribution in [0.2, 0.25) is 0 Å². The average molecular weight is 393 g/mol. The number of nitrogens with one attached hydrogen (secondary N) is 2. The Labute approximate surface area is 159 Å². The molecule has 2 aliphatic rings. The highest BCUT2D eigenvalue weighted by atomic mass is 19.4. The van der Waals surface area contributed by atoms with Crippen molar-refractivity contribution >= 4 is 11.7 Å². The van der Waals surface area contributed by atoms with Crippen molar-refractivity contribution in [1.82, 2.24) is 10.2 Å². The predicted molar refractivity (Wildman–Crippen MR) is 96.4 cm³/mol. The smallest absolute Gasteiger partial charge is 0.321 e. The maximum Gasteiger partial charge on any atom is 0.416 e. The molecule has 1 unspecified atom stereocenters. The average Bonchev–Trinajstić information content (AvgIpc) is 2.99. The van der Waals surface area contributed by atoms with Gasteiger partial charge in [0.05, 0.1) is 5.56 Å². The lowest BCUT2D eigenvalue weighted by molar-refractivity contribution is -0.137. The fourth-order valence-corrected chi connectivity index (χ4v) is 3.77. The normalized spacial score (nSPS) is 19.3. The molecule has 0 aromatic heterocycles. The molecule has 1 heterocycles. The number of nitrogens with zero attached hydrogens (tertiary/aromatic N) is 1. The van der Waals surface area contributed by atoms with Gasteiger partial charge in [-0.25, -0.2) is 9.18 Å². The van der Waals surface area contributed by atoms with Gasteiger partial charge in [0.1, 0.15) is 5.82 Å². The van der Waals surface area contributed by atoms with Gasteiger partial charge in [-0.3, -0.25) is 0 Å². The number of carbonyl (C=O) groups is 1. The van der Waals surface area contributed by atoms with E-state index in [9.17, 15) is 22.4 Å². The number of urea groups is 1. The Morgan fingerprint density at radius 3 is 2.64 bits per heavy atom. The zero-order valence-electron chi connectivity index (χ0n) is 14.9. The van der Waals surface area contributed by atoms with Crippen molar-refractivity contribution in [3.05, 3.63) is 65.0 Å². The first-order valence-electron chi connectivity index (χ1n) is 9.07. The number of alkyl halides is 3. The first-order chi connectivity index (χ1) is 13.3. The van der Waals surface area contributed by atoms with Crippen LogP contribution in [0.25, 0.3) is 0 Å². The predicted octanol–water partition coefficient (Wildman–Crippen LogP) is 4.34. The van der Waals surface area contributed by atoms with E-state index < -0.39 is 17.8 Å². The molecule has 0 bridgehead atoms. The number of likely N-dealkylation sites (tertiary alicyclic amines) is 1. The van der Waals surface area contributed by atoms with Gasteiger partial charge in [0.15, 0.2) is 0 Å². The van der Waals surface area contributed by atoms with Crippen LogP contribution >= 0.6 is 0 Å². The molecule has 1 aliphatic carbocycles. The van der Waals surface area contributed by atoms with Crippen molar-refractivity contribution in [2.75, 3.05) is 18.4 Å². The summed E-state index contributed by atoms with van der Waals surface area (Å²) in [7, 11) is 0. The minimum atomic E-state index is -4.45. The zero-order valence-corrected chi connectivity index (χ0v) is 14.9. The number of halogens is 4. The van der Waals surface area contributed by atoms with Gasteiger partial charge in [-0.05, 0) is 54.3 Å². The van der Waals surface area contributed by atoms with Crippen molar-refractivity contribution < 1.29 is 22.4 Å². The molecule has 2 N–H and O–H groups in total. The molecule has 148 valence electrons. The summed E-state index contributed by atoms with van der Waals surface area (Å²) in [5.74, 6) is -0.236. The summed E-state index contributed by atoms with van der Waals surface area (Å²) in [5, 5.41) is 5.99. The summed E-state index contributed by atoms with van der Waals surface area (Å²) in [5.41, 5.74) is 1.41. The number of benzene rings is 2. The number of anilines is 1. The van der Waals surface area contributed by atoms with E-state index in [-0.39, 0.29) is 23.6 Å². The Bertz CT molecular complexity index is 893. The molecule has 4 nitrogen and oxygen atoms in total. The first kappa shape index (κ1) is 18.7. The molecular formula is C20H19F4N3O. The van der Waals surface area contributed by atoms with E-state index in [1.807, 2.05) is 0 Å². The summed E-state index contributed by atoms with van der Waals surface area (Å²) in [4.78, 5) is 13.8. The van der Waals surface area contributed by atoms with Gasteiger partial charge in [-0.15, -0.1) is 0 Å². The van der Waals surface area contributed by atoms with Crippen molar-refractivity contribution in [3.63, 3.8) is 0 Å². The van der Waals surface area contributed by atoms with Crippen molar-refractivity contribution in [1.29, 1.82) is 0 Å². The standard InChI is InChI=1S/C20H19F4N3O/c21-14-5-6-17-12(8-14)4-7-18(17)25-16-10-27(11-16)19(28)26-15-3-1-2-13(9-15)20(22,23)24/h1-3,5-6,8-9,16,18,25H,4,7,10-11H2,(H,26,28). The molecule has 0 radical (unpaired) electrons. The van der Waals surface area contributed by atoms with E-state index in [0.29, 0.717) is 13.1 Å². The van der Waals surface area contributed by atoms with Crippen molar-refractivity contribution in [2.24, 2.45) is 0 Å². The third-order valence-corrected chi connectivity index (χ3v) is 5.23. The summed E-state index contributed by atoms with van der Waals surface area (Å²) in [6, 6.07) is 9.20. The number of hydrogen-bond donors (Lipinski definition) is 2. The van der Waals surface area contributed by atoms with Gasteiger partial charge in [-0.1, -0.05) is 12.1 Å². The van der Waals surface area contributed by atoms with E-state index in [1.54, 1.807) is 17.0 Å². The van der Waals surface area contributed by atoms with Gasteiger partial charge in [0.2, 0.25) is 0 Å². The fraction of sp³-hybridized carbons (Fsp3) is 0.350. The second kappa shape index (κ2) is 7.09. The third-order valence-electron chi connectivity index (χ3n) is 5.23. The van der Waals surface area contributed by atoms with Gasteiger partial charge in [0, 0.05) is 30.9 Å². The number of rotatable bonds is 3. The highest BCUT2D eigenvalue weighted by Gasteiger charge is 2.35. The van der Waals surface area contributed by atoms with Crippen LogP contribution in [0.3, 0.4) is 0 Å². The molecule has 28 heavy (non-hydrogen) atoms. The molecule has 2 aromatic carbocycles. The molecule has 8 heteroatoms. The zero-order chi connectivity index (χ0) is 19.9. The SMILES string of the molecule is O=C(Nc1cccc(C(F)(F)F)c1)N1CC(NC2CCc3cc(F)ccc32)C1. The van der Waals surface area contributed by atoms with Crippen LogP contribution in [-0.2, 0) is 12.6 Å². The van der Waals surface area contributed by atoms with Crippen LogP contribution in [0.5, 0.6) is 0 Å². The Kier molecular flexibility index (Phi) is 4.74. The number of fused-ring (bicyclic) bond motifs is 1. The Hall–Kier alpha value is -2.61. The number of amides is 2. The van der Waals surface area contributed by atoms with Gasteiger partial charge < -0.3 is 15.5 Å². The van der Waals surface area contributed by atoms with Gasteiger partial charge >= 0.3 is 12.2 Å². The van der Waals surface area contributed by atoms with Gasteiger partial charge in [-0.2, -0.15) is 13.2 Å². The van der Waals surface area contributed by atoms with Crippen LogP contribution in [0.4, 0.5) is 28.0 Å². The summed E-state index contributed by atoms with van der Waals surface area (Å²) < 4.78 is 51.6. The lowest BCUT2D eigenvalue weighted by Gasteiger charge is -2.41. The highest BCUT2D eigenvalue weighted by Crippen LogP contribution is 2.33. The third kappa shape index (κ3) is 3.82. The molecule has 2 amide bonds. The summed E-state index contributed by atoms with van der Waals surface area (Å²) in [6.45, 7) is 0.940. The molecule has 1 atom stereocenters. The van der Waals surface area contributed by atoms with Crippen LogP contribution in [0, 0.1) is 5.82 Å². The second-order valence-corrected chi connectivity index (χ2v) is 7.21. The molecule has 1 aliphatic heterocycles. The van der Waals surface area contributed by atoms with E-state index in [1.165, 1.54) is 18.2 Å². The Morgan fingerprint density at radius 1 is 1.11 bits per heavy atom. The first-order valence-corrected chi connectivity index (χ1v) is 9.07. The Morgan fingerprint density at radius 2 is 1.89 bits per heavy atom. The van der Waals surface area contributed by atoms with Crippen LogP contribution in [0.1, 0.15) is 29.2 Å². The molecule has 1 fully saturated rings. The maximum absolute atomic E-state index is 13.3. The lowest BCUT2D eigenvalue weighted by Crippen LogP contribution is -2.61. The number of carbonyl (C=O) groups excluding carboxylic acids is 1. The van der Waals surface area contributed by atoms with E-state index in [2.05, 4.69) is 10.6 Å². The Balaban J connectivity index is 1.30. The van der Waals surface area contributed by atoms with Crippen LogP contribution in [-0.4, -0.2) is 30.1 Å². The van der Waals surface area contributed by atoms with E-state index in [0.717, 1.165) is 36.1 Å². The molecule has 0 spiro atoms. The summed E-state index contributed by atoms with van der Waals surface area (Å²) in [6.07, 6.45) is -2.75. The minimum absolute atomic E-state index is 0.105. The lowest BCUT2D eigenvalue weighted by atomic mass is 10.0. The quantitative estimate of drug-likeness (QED) is 0.762. The molecule has 1 saturated heterocycles. The number of aryl methyl sites for hydroxylation is 1. The maximum atomic E-state index is 13.3. The highest BCUT2D eigenvalue weighted by molar-refractivity contribution is 5.90.